The highest BCUT2D eigenvalue weighted by atomic mass is 32.2. The Kier molecular flexibility index (Phi) is 7.67. The summed E-state index contributed by atoms with van der Waals surface area (Å²) in [4.78, 5) is 24.0. The Balaban J connectivity index is 1.37. The molecule has 1 saturated carbocycles. The molecule has 2 aromatic rings. The molecule has 3 rings (SSSR count). The number of amides is 3. The number of hydrogen-bond acceptors (Lipinski definition) is 7. The number of anilines is 1. The molecule has 1 aliphatic rings. The molecule has 9 heteroatoms. The first-order valence-electron chi connectivity index (χ1n) is 9.44. The summed E-state index contributed by atoms with van der Waals surface area (Å²) in [6.07, 6.45) is 4.42. The van der Waals surface area contributed by atoms with Gasteiger partial charge in [0.05, 0.1) is 5.75 Å². The molecular weight excluding hydrogens is 394 g/mol. The lowest BCUT2D eigenvalue weighted by Gasteiger charge is -2.29. The van der Waals surface area contributed by atoms with Crippen LogP contribution in [0.1, 0.15) is 38.2 Å². The van der Waals surface area contributed by atoms with Crippen LogP contribution < -0.4 is 16.0 Å². The number of benzene rings is 1. The first-order valence-corrected chi connectivity index (χ1v) is 11.2. The molecule has 28 heavy (non-hydrogen) atoms. The van der Waals surface area contributed by atoms with Crippen LogP contribution in [0.3, 0.4) is 0 Å². The number of rotatable bonds is 7. The number of urea groups is 1. The van der Waals surface area contributed by atoms with Crippen LogP contribution in [0.15, 0.2) is 34.7 Å². The topological polar surface area (TPSA) is 96.0 Å². The maximum Gasteiger partial charge on any atom is 0.321 e. The third-order valence-electron chi connectivity index (χ3n) is 4.70. The lowest BCUT2D eigenvalue weighted by atomic mass is 9.86. The average molecular weight is 420 g/mol. The van der Waals surface area contributed by atoms with Gasteiger partial charge in [0, 0.05) is 12.6 Å². The van der Waals surface area contributed by atoms with Crippen molar-refractivity contribution >= 4 is 40.2 Å². The Morgan fingerprint density at radius 3 is 2.75 bits per heavy atom. The van der Waals surface area contributed by atoms with Gasteiger partial charge in [-0.2, -0.15) is 0 Å². The van der Waals surface area contributed by atoms with E-state index in [-0.39, 0.29) is 17.7 Å². The van der Waals surface area contributed by atoms with E-state index in [0.717, 1.165) is 24.8 Å². The number of nitrogens with one attached hydrogen (secondary N) is 3. The second kappa shape index (κ2) is 10.4. The summed E-state index contributed by atoms with van der Waals surface area (Å²) < 4.78 is 0.687. The standard InChI is InChI=1S/C19H25N5O2S2/c1-13-7-5-6-10-15(13)21-17(26)22-16(25)12-27-19-24-23-18(28-19)20-11-14-8-3-2-4-9-14/h2-4,8-9,13,15H,5-7,10-12H2,1H3,(H,20,23)(H2,21,22,25,26)/t13-,15+/m0/s1. The van der Waals surface area contributed by atoms with Gasteiger partial charge < -0.3 is 10.6 Å². The minimum Gasteiger partial charge on any atom is -0.356 e. The van der Waals surface area contributed by atoms with E-state index in [4.69, 9.17) is 0 Å². The summed E-state index contributed by atoms with van der Waals surface area (Å²) in [5.41, 5.74) is 1.16. The van der Waals surface area contributed by atoms with Gasteiger partial charge in [0.2, 0.25) is 11.0 Å². The van der Waals surface area contributed by atoms with Gasteiger partial charge in [-0.15, -0.1) is 10.2 Å². The van der Waals surface area contributed by atoms with Crippen LogP contribution in [0.4, 0.5) is 9.93 Å². The van der Waals surface area contributed by atoms with Crippen LogP contribution in [0.5, 0.6) is 0 Å². The van der Waals surface area contributed by atoms with Crippen molar-refractivity contribution in [2.45, 2.75) is 49.5 Å². The first-order chi connectivity index (χ1) is 13.6. The largest absolute Gasteiger partial charge is 0.356 e. The Morgan fingerprint density at radius 2 is 1.96 bits per heavy atom. The summed E-state index contributed by atoms with van der Waals surface area (Å²) in [5, 5.41) is 17.4. The fourth-order valence-electron chi connectivity index (χ4n) is 3.14. The lowest BCUT2D eigenvalue weighted by Crippen LogP contribution is -2.48. The van der Waals surface area contributed by atoms with E-state index in [1.807, 2.05) is 30.3 Å². The zero-order valence-corrected chi connectivity index (χ0v) is 17.4. The number of carbonyl (C=O) groups is 2. The van der Waals surface area contributed by atoms with Crippen molar-refractivity contribution in [3.8, 4) is 0 Å². The van der Waals surface area contributed by atoms with Crippen LogP contribution in [0.25, 0.3) is 0 Å². The van der Waals surface area contributed by atoms with Crippen LogP contribution >= 0.6 is 23.1 Å². The maximum atomic E-state index is 12.0. The number of aromatic nitrogens is 2. The molecule has 1 fully saturated rings. The van der Waals surface area contributed by atoms with Crippen LogP contribution in [0, 0.1) is 5.92 Å². The molecule has 0 saturated heterocycles. The minimum absolute atomic E-state index is 0.126. The Morgan fingerprint density at radius 1 is 1.18 bits per heavy atom. The second-order valence-corrected chi connectivity index (χ2v) is 9.09. The van der Waals surface area contributed by atoms with E-state index in [9.17, 15) is 9.59 Å². The molecule has 1 aliphatic carbocycles. The predicted octanol–water partition coefficient (Wildman–Crippen LogP) is 3.65. The van der Waals surface area contributed by atoms with Crippen LogP contribution in [-0.2, 0) is 11.3 Å². The molecule has 0 bridgehead atoms. The zero-order chi connectivity index (χ0) is 19.8. The van der Waals surface area contributed by atoms with E-state index in [1.54, 1.807) is 0 Å². The molecule has 2 atom stereocenters. The molecule has 1 aromatic carbocycles. The van der Waals surface area contributed by atoms with Gasteiger partial charge >= 0.3 is 6.03 Å². The van der Waals surface area contributed by atoms with E-state index < -0.39 is 6.03 Å². The van der Waals surface area contributed by atoms with Crippen molar-refractivity contribution in [2.75, 3.05) is 11.1 Å². The predicted molar refractivity (Wildman–Crippen MR) is 112 cm³/mol. The summed E-state index contributed by atoms with van der Waals surface area (Å²) >= 11 is 2.66. The van der Waals surface area contributed by atoms with Gasteiger partial charge in [0.1, 0.15) is 0 Å². The van der Waals surface area contributed by atoms with Crippen LogP contribution in [0.2, 0.25) is 0 Å². The van der Waals surface area contributed by atoms with E-state index in [1.165, 1.54) is 29.5 Å². The molecule has 150 valence electrons. The molecule has 0 radical (unpaired) electrons. The van der Waals surface area contributed by atoms with Crippen molar-refractivity contribution in [1.82, 2.24) is 20.8 Å². The quantitative estimate of drug-likeness (QED) is 0.593. The van der Waals surface area contributed by atoms with Gasteiger partial charge in [-0.3, -0.25) is 10.1 Å². The highest BCUT2D eigenvalue weighted by molar-refractivity contribution is 8.01. The molecule has 3 amide bonds. The van der Waals surface area contributed by atoms with Crippen molar-refractivity contribution in [1.29, 1.82) is 0 Å². The van der Waals surface area contributed by atoms with Gasteiger partial charge in [-0.05, 0) is 24.3 Å². The molecule has 1 aromatic heterocycles. The van der Waals surface area contributed by atoms with Gasteiger partial charge in [0.15, 0.2) is 4.34 Å². The fraction of sp³-hybridized carbons (Fsp3) is 0.474. The molecule has 0 aliphatic heterocycles. The third kappa shape index (κ3) is 6.49. The monoisotopic (exact) mass is 419 g/mol. The Hall–Kier alpha value is -2.13. The number of hydrogen-bond donors (Lipinski definition) is 3. The first kappa shape index (κ1) is 20.6. The summed E-state index contributed by atoms with van der Waals surface area (Å²) in [7, 11) is 0. The van der Waals surface area contributed by atoms with Crippen molar-refractivity contribution in [3.05, 3.63) is 35.9 Å². The zero-order valence-electron chi connectivity index (χ0n) is 15.8. The number of imide groups is 1. The normalized spacial score (nSPS) is 19.0. The van der Waals surface area contributed by atoms with Crippen molar-refractivity contribution in [3.63, 3.8) is 0 Å². The number of carbonyl (C=O) groups excluding carboxylic acids is 2. The maximum absolute atomic E-state index is 12.0. The second-order valence-electron chi connectivity index (χ2n) is 6.89. The highest BCUT2D eigenvalue weighted by Crippen LogP contribution is 2.26. The minimum atomic E-state index is -0.410. The van der Waals surface area contributed by atoms with Crippen molar-refractivity contribution in [2.24, 2.45) is 5.92 Å². The third-order valence-corrected chi connectivity index (χ3v) is 6.71. The van der Waals surface area contributed by atoms with Gasteiger partial charge in [-0.1, -0.05) is 73.2 Å². The smallest absolute Gasteiger partial charge is 0.321 e. The number of thioether (sulfide) groups is 1. The van der Waals surface area contributed by atoms with Crippen molar-refractivity contribution < 1.29 is 9.59 Å². The molecule has 3 N–H and O–H groups in total. The van der Waals surface area contributed by atoms with Crippen LogP contribution in [-0.4, -0.2) is 33.9 Å². The molecule has 1 heterocycles. The van der Waals surface area contributed by atoms with E-state index in [2.05, 4.69) is 33.1 Å². The summed E-state index contributed by atoms with van der Waals surface area (Å²) in [6.45, 7) is 2.81. The molecular formula is C19H25N5O2S2. The van der Waals surface area contributed by atoms with E-state index >= 15 is 0 Å². The van der Waals surface area contributed by atoms with Gasteiger partial charge in [-0.25, -0.2) is 4.79 Å². The molecule has 0 unspecified atom stereocenters. The summed E-state index contributed by atoms with van der Waals surface area (Å²) in [5.74, 6) is 0.244. The number of nitrogens with zero attached hydrogens (tertiary/aromatic N) is 2. The Bertz CT molecular complexity index is 784. The highest BCUT2D eigenvalue weighted by Gasteiger charge is 2.23. The fourth-order valence-corrected chi connectivity index (χ4v) is 4.69. The SMILES string of the molecule is C[C@H]1CCCC[C@H]1NC(=O)NC(=O)CSc1nnc(NCc2ccccc2)s1. The lowest BCUT2D eigenvalue weighted by molar-refractivity contribution is -0.117. The molecule has 7 nitrogen and oxygen atoms in total. The Labute approximate surface area is 173 Å². The van der Waals surface area contributed by atoms with E-state index in [0.29, 0.717) is 21.9 Å². The summed E-state index contributed by atoms with van der Waals surface area (Å²) in [6, 6.07) is 9.76. The molecule has 0 spiro atoms. The average Bonchev–Trinajstić information content (AvgIpc) is 3.15. The van der Waals surface area contributed by atoms with Gasteiger partial charge in [0.25, 0.3) is 0 Å².